The Bertz CT molecular complexity index is 989. The molecule has 2 aromatic carbocycles. The van der Waals surface area contributed by atoms with Crippen LogP contribution < -0.4 is 10.2 Å². The Morgan fingerprint density at radius 3 is 2.48 bits per heavy atom. The van der Waals surface area contributed by atoms with Crippen molar-refractivity contribution in [1.82, 2.24) is 10.3 Å². The summed E-state index contributed by atoms with van der Waals surface area (Å²) in [5, 5.41) is 2.86. The second-order valence-corrected chi connectivity index (χ2v) is 7.16. The number of nitrogens with zero attached hydrogens (tertiary/aromatic N) is 2. The number of carbonyl (C=O) groups is 2. The van der Waals surface area contributed by atoms with Crippen molar-refractivity contribution < 1.29 is 9.59 Å². The van der Waals surface area contributed by atoms with Crippen LogP contribution in [0.15, 0.2) is 79.1 Å². The van der Waals surface area contributed by atoms with E-state index < -0.39 is 0 Å². The second-order valence-electron chi connectivity index (χ2n) is 7.16. The minimum Gasteiger partial charge on any atom is -0.346 e. The summed E-state index contributed by atoms with van der Waals surface area (Å²) < 4.78 is 0. The summed E-state index contributed by atoms with van der Waals surface area (Å²) in [6.45, 7) is 0.653. The van der Waals surface area contributed by atoms with Crippen LogP contribution in [0.2, 0.25) is 0 Å². The number of amides is 2. The Labute approximate surface area is 170 Å². The predicted molar refractivity (Wildman–Crippen MR) is 113 cm³/mol. The maximum absolute atomic E-state index is 13.0. The molecule has 1 atom stereocenters. The molecule has 29 heavy (non-hydrogen) atoms. The van der Waals surface area contributed by atoms with E-state index in [4.69, 9.17) is 0 Å². The van der Waals surface area contributed by atoms with E-state index in [-0.39, 0.29) is 24.3 Å². The number of pyridine rings is 1. The second kappa shape index (κ2) is 8.69. The minimum atomic E-state index is -0.364. The van der Waals surface area contributed by atoms with Crippen molar-refractivity contribution in [1.29, 1.82) is 0 Å². The Morgan fingerprint density at radius 2 is 1.69 bits per heavy atom. The number of fused-ring (bicyclic) bond motifs is 1. The van der Waals surface area contributed by atoms with Crippen molar-refractivity contribution >= 4 is 17.5 Å². The van der Waals surface area contributed by atoms with Gasteiger partial charge in [-0.1, -0.05) is 48.5 Å². The van der Waals surface area contributed by atoms with E-state index in [0.29, 0.717) is 13.0 Å². The van der Waals surface area contributed by atoms with Gasteiger partial charge in [-0.2, -0.15) is 0 Å². The zero-order chi connectivity index (χ0) is 20.1. The highest BCUT2D eigenvalue weighted by Gasteiger charge is 2.26. The maximum Gasteiger partial charge on any atom is 0.246 e. The maximum atomic E-state index is 13.0. The van der Waals surface area contributed by atoms with Crippen LogP contribution in [0, 0.1) is 0 Å². The fraction of sp³-hybridized carbons (Fsp3) is 0.208. The van der Waals surface area contributed by atoms with E-state index in [1.807, 2.05) is 66.7 Å². The van der Waals surface area contributed by atoms with Gasteiger partial charge in [-0.3, -0.25) is 14.6 Å². The fourth-order valence-electron chi connectivity index (χ4n) is 3.78. The van der Waals surface area contributed by atoms with Gasteiger partial charge in [0.1, 0.15) is 0 Å². The van der Waals surface area contributed by atoms with Crippen LogP contribution >= 0.6 is 0 Å². The summed E-state index contributed by atoms with van der Waals surface area (Å²) in [7, 11) is 0. The van der Waals surface area contributed by atoms with Crippen LogP contribution in [0.25, 0.3) is 0 Å². The molecule has 4 rings (SSSR count). The van der Waals surface area contributed by atoms with Crippen molar-refractivity contribution in [3.8, 4) is 0 Å². The lowest BCUT2D eigenvalue weighted by atomic mass is 9.91. The molecule has 3 aromatic rings. The lowest BCUT2D eigenvalue weighted by Gasteiger charge is -2.20. The molecule has 0 radical (unpaired) electrons. The summed E-state index contributed by atoms with van der Waals surface area (Å²) >= 11 is 0. The van der Waals surface area contributed by atoms with Crippen molar-refractivity contribution in [2.45, 2.75) is 18.8 Å². The first-order chi connectivity index (χ1) is 14.2. The van der Waals surface area contributed by atoms with E-state index in [9.17, 15) is 9.59 Å². The molecule has 1 N–H and O–H groups in total. The monoisotopic (exact) mass is 385 g/mol. The average Bonchev–Trinajstić information content (AvgIpc) is 3.21. The van der Waals surface area contributed by atoms with Crippen molar-refractivity contribution in [3.63, 3.8) is 0 Å². The molecule has 0 fully saturated rings. The largest absolute Gasteiger partial charge is 0.346 e. The van der Waals surface area contributed by atoms with Crippen LogP contribution in [0.3, 0.4) is 0 Å². The van der Waals surface area contributed by atoms with E-state index in [1.165, 1.54) is 5.56 Å². The lowest BCUT2D eigenvalue weighted by molar-refractivity contribution is -0.126. The third-order valence-corrected chi connectivity index (χ3v) is 5.31. The highest BCUT2D eigenvalue weighted by molar-refractivity contribution is 5.99. The molecule has 1 aliphatic heterocycles. The number of rotatable bonds is 6. The third kappa shape index (κ3) is 4.35. The van der Waals surface area contributed by atoms with Gasteiger partial charge in [0.25, 0.3) is 0 Å². The summed E-state index contributed by atoms with van der Waals surface area (Å²) in [6, 6.07) is 21.4. The highest BCUT2D eigenvalue weighted by atomic mass is 16.2. The van der Waals surface area contributed by atoms with Gasteiger partial charge in [0.15, 0.2) is 0 Å². The molecular formula is C24H23N3O2. The first-order valence-electron chi connectivity index (χ1n) is 9.82. The summed E-state index contributed by atoms with van der Waals surface area (Å²) in [5.74, 6) is -0.592. The van der Waals surface area contributed by atoms with E-state index in [2.05, 4.69) is 10.3 Å². The number of anilines is 1. The molecule has 0 spiro atoms. The zero-order valence-electron chi connectivity index (χ0n) is 16.1. The predicted octanol–water partition coefficient (Wildman–Crippen LogP) is 3.11. The molecule has 1 unspecified atom stereocenters. The van der Waals surface area contributed by atoms with Crippen LogP contribution in [0.4, 0.5) is 5.69 Å². The minimum absolute atomic E-state index is 0.00710. The third-order valence-electron chi connectivity index (χ3n) is 5.31. The van der Waals surface area contributed by atoms with Gasteiger partial charge < -0.3 is 10.2 Å². The van der Waals surface area contributed by atoms with Gasteiger partial charge in [0, 0.05) is 24.6 Å². The molecule has 0 saturated heterocycles. The number of nitrogens with one attached hydrogen (secondary N) is 1. The number of hydrogen-bond acceptors (Lipinski definition) is 3. The molecule has 1 aromatic heterocycles. The van der Waals surface area contributed by atoms with Crippen molar-refractivity contribution in [2.24, 2.45) is 0 Å². The van der Waals surface area contributed by atoms with E-state index >= 15 is 0 Å². The number of hydrogen-bond donors (Lipinski definition) is 1. The SMILES string of the molecule is O=C(NCC(=O)N1CCc2ccccc21)C(Cc1ccncc1)c1ccccc1. The fourth-order valence-corrected chi connectivity index (χ4v) is 3.78. The topological polar surface area (TPSA) is 62.3 Å². The summed E-state index contributed by atoms with van der Waals surface area (Å²) in [4.78, 5) is 31.5. The molecule has 5 heteroatoms. The normalized spacial score (nSPS) is 13.6. The number of para-hydroxylation sites is 1. The Kier molecular flexibility index (Phi) is 5.66. The van der Waals surface area contributed by atoms with Crippen LogP contribution in [-0.4, -0.2) is 29.9 Å². The van der Waals surface area contributed by atoms with Gasteiger partial charge in [-0.15, -0.1) is 0 Å². The van der Waals surface area contributed by atoms with Crippen molar-refractivity contribution in [2.75, 3.05) is 18.0 Å². The molecule has 0 aliphatic carbocycles. The van der Waals surface area contributed by atoms with Gasteiger partial charge >= 0.3 is 0 Å². The van der Waals surface area contributed by atoms with Crippen LogP contribution in [-0.2, 0) is 22.4 Å². The van der Waals surface area contributed by atoms with Gasteiger partial charge in [-0.05, 0) is 47.7 Å². The summed E-state index contributed by atoms with van der Waals surface area (Å²) in [5.41, 5.74) is 4.08. The molecule has 0 saturated carbocycles. The van der Waals surface area contributed by atoms with Crippen molar-refractivity contribution in [3.05, 3.63) is 95.8 Å². The molecular weight excluding hydrogens is 362 g/mol. The number of benzene rings is 2. The van der Waals surface area contributed by atoms with E-state index in [0.717, 1.165) is 23.2 Å². The van der Waals surface area contributed by atoms with Gasteiger partial charge in [-0.25, -0.2) is 0 Å². The molecule has 0 bridgehead atoms. The molecule has 5 nitrogen and oxygen atoms in total. The first-order valence-corrected chi connectivity index (χ1v) is 9.82. The molecule has 1 aliphatic rings. The Morgan fingerprint density at radius 1 is 0.966 bits per heavy atom. The van der Waals surface area contributed by atoms with E-state index in [1.54, 1.807) is 17.3 Å². The van der Waals surface area contributed by atoms with Crippen LogP contribution in [0.1, 0.15) is 22.6 Å². The Hall–Kier alpha value is -3.47. The van der Waals surface area contributed by atoms with Gasteiger partial charge in [0.2, 0.25) is 11.8 Å². The zero-order valence-corrected chi connectivity index (χ0v) is 16.1. The number of aromatic nitrogens is 1. The van der Waals surface area contributed by atoms with Gasteiger partial charge in [0.05, 0.1) is 12.5 Å². The van der Waals surface area contributed by atoms with Crippen LogP contribution in [0.5, 0.6) is 0 Å². The highest BCUT2D eigenvalue weighted by Crippen LogP contribution is 2.27. The summed E-state index contributed by atoms with van der Waals surface area (Å²) in [6.07, 6.45) is 4.86. The quantitative estimate of drug-likeness (QED) is 0.709. The molecule has 146 valence electrons. The smallest absolute Gasteiger partial charge is 0.246 e. The Balaban J connectivity index is 1.45. The first kappa shape index (κ1) is 18.9. The molecule has 2 amide bonds. The average molecular weight is 385 g/mol. The molecule has 2 heterocycles. The standard InChI is InChI=1S/C24H23N3O2/c28-23(27-15-12-20-8-4-5-9-22(20)27)17-26-24(29)21(19-6-2-1-3-7-19)16-18-10-13-25-14-11-18/h1-11,13-14,21H,12,15-17H2,(H,26,29). The number of carbonyl (C=O) groups excluding carboxylic acids is 2. The lowest BCUT2D eigenvalue weighted by Crippen LogP contribution is -2.41.